The van der Waals surface area contributed by atoms with E-state index in [1.165, 1.54) is 12.8 Å². The van der Waals surface area contributed by atoms with Gasteiger partial charge in [0.1, 0.15) is 0 Å². The van der Waals surface area contributed by atoms with E-state index in [4.69, 9.17) is 16.3 Å². The van der Waals surface area contributed by atoms with Crippen molar-refractivity contribution in [3.63, 3.8) is 0 Å². The van der Waals surface area contributed by atoms with Gasteiger partial charge in [0, 0.05) is 24.6 Å². The molecular weight excluding hydrogens is 186 g/mol. The number of rotatable bonds is 5. The van der Waals surface area contributed by atoms with Crippen molar-refractivity contribution in [1.29, 1.82) is 0 Å². The third-order valence-electron chi connectivity index (χ3n) is 2.54. The van der Waals surface area contributed by atoms with Gasteiger partial charge in [-0.2, -0.15) is 0 Å². The number of halogens is 1. The molecule has 0 radical (unpaired) electrons. The highest BCUT2D eigenvalue weighted by atomic mass is 35.5. The summed E-state index contributed by atoms with van der Waals surface area (Å²) >= 11 is 6.01. The summed E-state index contributed by atoms with van der Waals surface area (Å²) in [4.78, 5) is 0. The molecule has 1 N–H and O–H groups in total. The lowest BCUT2D eigenvalue weighted by atomic mass is 9.95. The Morgan fingerprint density at radius 2 is 2.00 bits per heavy atom. The fourth-order valence-corrected chi connectivity index (χ4v) is 1.99. The molecule has 0 aromatic carbocycles. The Kier molecular flexibility index (Phi) is 5.76. The second-order valence-electron chi connectivity index (χ2n) is 3.60. The molecule has 0 aromatic heterocycles. The summed E-state index contributed by atoms with van der Waals surface area (Å²) in [5.74, 6) is 0. The van der Waals surface area contributed by atoms with Crippen LogP contribution < -0.4 is 5.32 Å². The number of nitrogens with one attached hydrogen (secondary N) is 1. The highest BCUT2D eigenvalue weighted by Crippen LogP contribution is 2.22. The van der Waals surface area contributed by atoms with Gasteiger partial charge in [0.05, 0.1) is 6.61 Å². The lowest BCUT2D eigenvalue weighted by Crippen LogP contribution is -2.35. The zero-order valence-electron chi connectivity index (χ0n) is 8.39. The smallest absolute Gasteiger partial charge is 0.0590 e. The molecule has 1 fully saturated rings. The monoisotopic (exact) mass is 205 g/mol. The molecule has 1 rings (SSSR count). The summed E-state index contributed by atoms with van der Waals surface area (Å²) in [5, 5.41) is 3.91. The first-order valence-electron chi connectivity index (χ1n) is 5.28. The van der Waals surface area contributed by atoms with E-state index in [1.807, 2.05) is 6.92 Å². The minimum absolute atomic E-state index is 0.421. The van der Waals surface area contributed by atoms with Crippen molar-refractivity contribution >= 4 is 11.6 Å². The first-order chi connectivity index (χ1) is 6.33. The van der Waals surface area contributed by atoms with Crippen LogP contribution in [0.1, 0.15) is 32.6 Å². The van der Waals surface area contributed by atoms with Gasteiger partial charge in [0.2, 0.25) is 0 Å². The molecule has 0 bridgehead atoms. The van der Waals surface area contributed by atoms with E-state index in [9.17, 15) is 0 Å². The van der Waals surface area contributed by atoms with Crippen LogP contribution in [0.15, 0.2) is 0 Å². The van der Waals surface area contributed by atoms with Crippen molar-refractivity contribution in [2.45, 2.75) is 44.0 Å². The highest BCUT2D eigenvalue weighted by Gasteiger charge is 2.18. The SMILES string of the molecule is CCOCCNC1CCC(Cl)CC1. The molecule has 1 saturated carbocycles. The predicted molar refractivity (Wildman–Crippen MR) is 56.4 cm³/mol. The van der Waals surface area contributed by atoms with Crippen LogP contribution in [0, 0.1) is 0 Å². The maximum atomic E-state index is 6.01. The maximum absolute atomic E-state index is 6.01. The Labute approximate surface area is 86.0 Å². The average Bonchev–Trinajstić information content (AvgIpc) is 2.15. The van der Waals surface area contributed by atoms with E-state index in [2.05, 4.69) is 5.32 Å². The van der Waals surface area contributed by atoms with Gasteiger partial charge in [-0.3, -0.25) is 0 Å². The molecule has 13 heavy (non-hydrogen) atoms. The van der Waals surface area contributed by atoms with Gasteiger partial charge in [-0.1, -0.05) is 0 Å². The molecule has 0 atom stereocenters. The second-order valence-corrected chi connectivity index (χ2v) is 4.22. The first kappa shape index (κ1) is 11.3. The van der Waals surface area contributed by atoms with Gasteiger partial charge in [-0.15, -0.1) is 11.6 Å². The van der Waals surface area contributed by atoms with E-state index in [0.29, 0.717) is 11.4 Å². The third-order valence-corrected chi connectivity index (χ3v) is 2.98. The highest BCUT2D eigenvalue weighted by molar-refractivity contribution is 6.20. The van der Waals surface area contributed by atoms with E-state index in [0.717, 1.165) is 32.6 Å². The Hall–Kier alpha value is 0.210. The minimum Gasteiger partial charge on any atom is -0.380 e. The van der Waals surface area contributed by atoms with Gasteiger partial charge < -0.3 is 10.1 Å². The summed E-state index contributed by atoms with van der Waals surface area (Å²) in [6.07, 6.45) is 4.77. The summed E-state index contributed by atoms with van der Waals surface area (Å²) in [6, 6.07) is 0.676. The molecule has 0 amide bonds. The Morgan fingerprint density at radius 1 is 1.31 bits per heavy atom. The van der Waals surface area contributed by atoms with Crippen LogP contribution in [-0.4, -0.2) is 31.2 Å². The van der Waals surface area contributed by atoms with Crippen LogP contribution in [0.4, 0.5) is 0 Å². The Morgan fingerprint density at radius 3 is 2.62 bits per heavy atom. The maximum Gasteiger partial charge on any atom is 0.0590 e. The van der Waals surface area contributed by atoms with Crippen molar-refractivity contribution in [3.8, 4) is 0 Å². The largest absolute Gasteiger partial charge is 0.380 e. The van der Waals surface area contributed by atoms with Crippen LogP contribution in [0.25, 0.3) is 0 Å². The summed E-state index contributed by atoms with van der Waals surface area (Å²) < 4.78 is 5.26. The first-order valence-corrected chi connectivity index (χ1v) is 5.71. The molecule has 1 aliphatic carbocycles. The van der Waals surface area contributed by atoms with Gasteiger partial charge in [-0.25, -0.2) is 0 Å². The fourth-order valence-electron chi connectivity index (χ4n) is 1.74. The zero-order valence-corrected chi connectivity index (χ0v) is 9.15. The van der Waals surface area contributed by atoms with E-state index >= 15 is 0 Å². The lowest BCUT2D eigenvalue weighted by molar-refractivity contribution is 0.145. The normalized spacial score (nSPS) is 29.1. The van der Waals surface area contributed by atoms with Crippen LogP contribution >= 0.6 is 11.6 Å². The van der Waals surface area contributed by atoms with E-state index < -0.39 is 0 Å². The molecule has 3 heteroatoms. The molecule has 0 unspecified atom stereocenters. The molecule has 0 aliphatic heterocycles. The number of hydrogen-bond donors (Lipinski definition) is 1. The molecule has 0 aromatic rings. The standard InChI is InChI=1S/C10H20ClNO/c1-2-13-8-7-12-10-5-3-9(11)4-6-10/h9-10,12H,2-8H2,1H3. The fraction of sp³-hybridized carbons (Fsp3) is 1.00. The van der Waals surface area contributed by atoms with Crippen molar-refractivity contribution in [2.24, 2.45) is 0 Å². The quantitative estimate of drug-likeness (QED) is 0.549. The van der Waals surface area contributed by atoms with Crippen LogP contribution in [0.3, 0.4) is 0 Å². The number of alkyl halides is 1. The average molecular weight is 206 g/mol. The molecule has 0 saturated heterocycles. The molecule has 2 nitrogen and oxygen atoms in total. The van der Waals surface area contributed by atoms with Gasteiger partial charge in [0.25, 0.3) is 0 Å². The molecule has 1 aliphatic rings. The summed E-state index contributed by atoms with van der Waals surface area (Å²) in [6.45, 7) is 4.65. The topological polar surface area (TPSA) is 21.3 Å². The van der Waals surface area contributed by atoms with Crippen molar-refractivity contribution in [3.05, 3.63) is 0 Å². The summed E-state index contributed by atoms with van der Waals surface area (Å²) in [7, 11) is 0. The zero-order chi connectivity index (χ0) is 9.52. The molecular formula is C10H20ClNO. The summed E-state index contributed by atoms with van der Waals surface area (Å²) in [5.41, 5.74) is 0. The van der Waals surface area contributed by atoms with E-state index in [-0.39, 0.29) is 0 Å². The van der Waals surface area contributed by atoms with Crippen LogP contribution in [-0.2, 0) is 4.74 Å². The molecule has 0 spiro atoms. The lowest BCUT2D eigenvalue weighted by Gasteiger charge is -2.25. The van der Waals surface area contributed by atoms with Crippen LogP contribution in [0.2, 0.25) is 0 Å². The van der Waals surface area contributed by atoms with Crippen molar-refractivity contribution < 1.29 is 4.74 Å². The van der Waals surface area contributed by atoms with Gasteiger partial charge >= 0.3 is 0 Å². The van der Waals surface area contributed by atoms with Crippen LogP contribution in [0.5, 0.6) is 0 Å². The van der Waals surface area contributed by atoms with Crippen molar-refractivity contribution in [2.75, 3.05) is 19.8 Å². The predicted octanol–water partition coefficient (Wildman–Crippen LogP) is 2.16. The second kappa shape index (κ2) is 6.63. The van der Waals surface area contributed by atoms with E-state index in [1.54, 1.807) is 0 Å². The Balaban J connectivity index is 1.96. The van der Waals surface area contributed by atoms with Gasteiger partial charge in [-0.05, 0) is 32.6 Å². The van der Waals surface area contributed by atoms with Gasteiger partial charge in [0.15, 0.2) is 0 Å². The third kappa shape index (κ3) is 4.84. The number of hydrogen-bond acceptors (Lipinski definition) is 2. The minimum atomic E-state index is 0.421. The molecule has 78 valence electrons. The Bertz CT molecular complexity index is 124. The number of ether oxygens (including phenoxy) is 1. The van der Waals surface area contributed by atoms with Crippen molar-refractivity contribution in [1.82, 2.24) is 5.32 Å². The molecule has 0 heterocycles.